The molecule has 3 rings (SSSR count). The number of halogens is 1. The Balaban J connectivity index is 1.81. The number of nitrogens with one attached hydrogen (secondary N) is 1. The molecule has 0 aliphatic carbocycles. The summed E-state index contributed by atoms with van der Waals surface area (Å²) in [6.07, 6.45) is 1.77. The van der Waals surface area contributed by atoms with Gasteiger partial charge >= 0.3 is 0 Å². The van der Waals surface area contributed by atoms with Gasteiger partial charge in [-0.25, -0.2) is 4.98 Å². The van der Waals surface area contributed by atoms with E-state index in [2.05, 4.69) is 10.3 Å². The molecule has 0 saturated heterocycles. The zero-order valence-electron chi connectivity index (χ0n) is 9.56. The molecule has 4 heteroatoms. The second-order valence-electron chi connectivity index (χ2n) is 3.96. The minimum atomic E-state index is 0.483. The van der Waals surface area contributed by atoms with Crippen LogP contribution in [-0.2, 0) is 6.54 Å². The summed E-state index contributed by atoms with van der Waals surface area (Å²) < 4.78 is 5.47. The standard InChI is InChI=1S/C14H11ClN2O/c15-13-6-3-7-14(17-13)16-8-10-9-18-12-5-2-1-4-11(10)12/h1-7,9H,8H2,(H,16,17). The van der Waals surface area contributed by atoms with Gasteiger partial charge in [0.05, 0.1) is 6.26 Å². The average molecular weight is 259 g/mol. The summed E-state index contributed by atoms with van der Waals surface area (Å²) in [7, 11) is 0. The molecule has 0 aliphatic rings. The first-order chi connectivity index (χ1) is 8.83. The Hall–Kier alpha value is -2.00. The van der Waals surface area contributed by atoms with Crippen LogP contribution in [0.2, 0.25) is 5.15 Å². The lowest BCUT2D eigenvalue weighted by atomic mass is 10.2. The summed E-state index contributed by atoms with van der Waals surface area (Å²) in [6, 6.07) is 13.5. The molecule has 3 nitrogen and oxygen atoms in total. The number of pyridine rings is 1. The number of anilines is 1. The van der Waals surface area contributed by atoms with E-state index in [-0.39, 0.29) is 0 Å². The number of benzene rings is 1. The van der Waals surface area contributed by atoms with Crippen molar-refractivity contribution < 1.29 is 4.42 Å². The average Bonchev–Trinajstić information content (AvgIpc) is 2.80. The van der Waals surface area contributed by atoms with Gasteiger partial charge in [-0.3, -0.25) is 0 Å². The van der Waals surface area contributed by atoms with Crippen molar-refractivity contribution in [3.05, 3.63) is 59.4 Å². The molecule has 3 aromatic rings. The van der Waals surface area contributed by atoms with Crippen LogP contribution in [0.5, 0.6) is 0 Å². The summed E-state index contributed by atoms with van der Waals surface area (Å²) in [6.45, 7) is 0.657. The molecule has 2 heterocycles. The molecule has 0 spiro atoms. The van der Waals surface area contributed by atoms with Crippen LogP contribution in [0.25, 0.3) is 11.0 Å². The predicted octanol–water partition coefficient (Wildman–Crippen LogP) is 4.09. The number of hydrogen-bond donors (Lipinski definition) is 1. The van der Waals surface area contributed by atoms with Gasteiger partial charge in [-0.1, -0.05) is 35.9 Å². The monoisotopic (exact) mass is 258 g/mol. The number of hydrogen-bond acceptors (Lipinski definition) is 3. The van der Waals surface area contributed by atoms with E-state index in [4.69, 9.17) is 16.0 Å². The van der Waals surface area contributed by atoms with Gasteiger partial charge in [0.15, 0.2) is 0 Å². The molecule has 0 unspecified atom stereocenters. The smallest absolute Gasteiger partial charge is 0.134 e. The maximum absolute atomic E-state index is 5.83. The lowest BCUT2D eigenvalue weighted by molar-refractivity contribution is 0.611. The Morgan fingerprint density at radius 3 is 2.89 bits per heavy atom. The number of rotatable bonds is 3. The summed E-state index contributed by atoms with van der Waals surface area (Å²) in [4.78, 5) is 4.18. The third-order valence-corrected chi connectivity index (χ3v) is 2.95. The van der Waals surface area contributed by atoms with Crippen LogP contribution in [0.1, 0.15) is 5.56 Å². The van der Waals surface area contributed by atoms with Crippen LogP contribution >= 0.6 is 11.6 Å². The van der Waals surface area contributed by atoms with Crippen molar-refractivity contribution in [3.8, 4) is 0 Å². The third-order valence-electron chi connectivity index (χ3n) is 2.74. The lowest BCUT2D eigenvalue weighted by Crippen LogP contribution is -2.00. The van der Waals surface area contributed by atoms with Crippen molar-refractivity contribution >= 4 is 28.4 Å². The van der Waals surface area contributed by atoms with Crippen molar-refractivity contribution in [1.29, 1.82) is 0 Å². The molecule has 0 bridgehead atoms. The number of furan rings is 1. The largest absolute Gasteiger partial charge is 0.464 e. The van der Waals surface area contributed by atoms with Gasteiger partial charge < -0.3 is 9.73 Å². The van der Waals surface area contributed by atoms with E-state index >= 15 is 0 Å². The fraction of sp³-hybridized carbons (Fsp3) is 0.0714. The zero-order valence-corrected chi connectivity index (χ0v) is 10.3. The van der Waals surface area contributed by atoms with Crippen LogP contribution in [0.15, 0.2) is 53.1 Å². The van der Waals surface area contributed by atoms with Crippen LogP contribution in [-0.4, -0.2) is 4.98 Å². The van der Waals surface area contributed by atoms with E-state index in [9.17, 15) is 0 Å². The first-order valence-corrected chi connectivity index (χ1v) is 6.02. The van der Waals surface area contributed by atoms with Crippen LogP contribution < -0.4 is 5.32 Å². The van der Waals surface area contributed by atoms with E-state index in [1.807, 2.05) is 36.4 Å². The van der Waals surface area contributed by atoms with Crippen LogP contribution in [0.3, 0.4) is 0 Å². The SMILES string of the molecule is Clc1cccc(NCc2coc3ccccc23)n1. The molecule has 0 amide bonds. The van der Waals surface area contributed by atoms with Crippen molar-refractivity contribution in [2.45, 2.75) is 6.54 Å². The molecule has 2 aromatic heterocycles. The van der Waals surface area contributed by atoms with E-state index in [1.165, 1.54) is 0 Å². The molecule has 0 aliphatic heterocycles. The minimum absolute atomic E-state index is 0.483. The molecular weight excluding hydrogens is 248 g/mol. The van der Waals surface area contributed by atoms with Gasteiger partial charge in [-0.15, -0.1) is 0 Å². The van der Waals surface area contributed by atoms with E-state index in [0.717, 1.165) is 22.4 Å². The summed E-state index contributed by atoms with van der Waals surface area (Å²) in [5.41, 5.74) is 2.00. The van der Waals surface area contributed by atoms with Crippen LogP contribution in [0, 0.1) is 0 Å². The van der Waals surface area contributed by atoms with Gasteiger partial charge in [-0.2, -0.15) is 0 Å². The Kier molecular flexibility index (Phi) is 2.90. The Morgan fingerprint density at radius 1 is 1.11 bits per heavy atom. The summed E-state index contributed by atoms with van der Waals surface area (Å²) in [5.74, 6) is 0.757. The number of aromatic nitrogens is 1. The molecule has 0 radical (unpaired) electrons. The predicted molar refractivity (Wildman–Crippen MR) is 72.8 cm³/mol. The Morgan fingerprint density at radius 2 is 2.00 bits per heavy atom. The second-order valence-corrected chi connectivity index (χ2v) is 4.34. The molecule has 18 heavy (non-hydrogen) atoms. The fourth-order valence-corrected chi connectivity index (χ4v) is 2.03. The normalized spacial score (nSPS) is 10.7. The first kappa shape index (κ1) is 11.1. The maximum Gasteiger partial charge on any atom is 0.134 e. The second kappa shape index (κ2) is 4.70. The highest BCUT2D eigenvalue weighted by Crippen LogP contribution is 2.21. The van der Waals surface area contributed by atoms with Crippen molar-refractivity contribution in [3.63, 3.8) is 0 Å². The van der Waals surface area contributed by atoms with E-state index < -0.39 is 0 Å². The molecule has 0 saturated carbocycles. The number of nitrogens with zero attached hydrogens (tertiary/aromatic N) is 1. The highest BCUT2D eigenvalue weighted by Gasteiger charge is 2.04. The van der Waals surface area contributed by atoms with Gasteiger partial charge in [0.2, 0.25) is 0 Å². The molecule has 1 aromatic carbocycles. The molecular formula is C14H11ClN2O. The topological polar surface area (TPSA) is 38.1 Å². The highest BCUT2D eigenvalue weighted by atomic mass is 35.5. The van der Waals surface area contributed by atoms with Gasteiger partial charge in [-0.05, 0) is 18.2 Å². The minimum Gasteiger partial charge on any atom is -0.464 e. The van der Waals surface area contributed by atoms with Gasteiger partial charge in [0.1, 0.15) is 16.6 Å². The summed E-state index contributed by atoms with van der Waals surface area (Å²) in [5, 5.41) is 4.83. The number of fused-ring (bicyclic) bond motifs is 1. The van der Waals surface area contributed by atoms with Crippen molar-refractivity contribution in [2.24, 2.45) is 0 Å². The van der Waals surface area contributed by atoms with E-state index in [1.54, 1.807) is 12.3 Å². The van der Waals surface area contributed by atoms with Gasteiger partial charge in [0, 0.05) is 17.5 Å². The molecule has 90 valence electrons. The Labute approximate surface area is 109 Å². The maximum atomic E-state index is 5.83. The third kappa shape index (κ3) is 2.17. The molecule has 0 atom stereocenters. The van der Waals surface area contributed by atoms with Crippen molar-refractivity contribution in [2.75, 3.05) is 5.32 Å². The van der Waals surface area contributed by atoms with Crippen LogP contribution in [0.4, 0.5) is 5.82 Å². The lowest BCUT2D eigenvalue weighted by Gasteiger charge is -2.04. The zero-order chi connectivity index (χ0) is 12.4. The van der Waals surface area contributed by atoms with E-state index in [0.29, 0.717) is 11.7 Å². The first-order valence-electron chi connectivity index (χ1n) is 5.64. The quantitative estimate of drug-likeness (QED) is 0.719. The Bertz CT molecular complexity index is 678. The molecule has 0 fully saturated rings. The number of para-hydroxylation sites is 1. The summed E-state index contributed by atoms with van der Waals surface area (Å²) >= 11 is 5.83. The molecule has 1 N–H and O–H groups in total. The fourth-order valence-electron chi connectivity index (χ4n) is 1.86. The van der Waals surface area contributed by atoms with Gasteiger partial charge in [0.25, 0.3) is 0 Å². The van der Waals surface area contributed by atoms with Crippen molar-refractivity contribution in [1.82, 2.24) is 4.98 Å². The highest BCUT2D eigenvalue weighted by molar-refractivity contribution is 6.29.